The topological polar surface area (TPSA) is 75.4 Å². The highest BCUT2D eigenvalue weighted by Gasteiger charge is 2.15. The molecule has 0 aromatic heterocycles. The highest BCUT2D eigenvalue weighted by Crippen LogP contribution is 2.29. The van der Waals surface area contributed by atoms with E-state index in [-0.39, 0.29) is 22.9 Å². The number of rotatable bonds is 4. The van der Waals surface area contributed by atoms with Crippen LogP contribution in [0.15, 0.2) is 36.4 Å². The molecule has 0 amide bonds. The number of hydrogen-bond donors (Lipinski definition) is 2. The van der Waals surface area contributed by atoms with Crippen LogP contribution in [-0.4, -0.2) is 10.0 Å². The maximum atomic E-state index is 13.2. The summed E-state index contributed by atoms with van der Waals surface area (Å²) in [5, 5.41) is 23.5. The number of nitro groups is 1. The van der Waals surface area contributed by atoms with Gasteiger partial charge in [-0.15, -0.1) is 0 Å². The van der Waals surface area contributed by atoms with Crippen molar-refractivity contribution in [3.05, 3.63) is 62.9 Å². The summed E-state index contributed by atoms with van der Waals surface area (Å²) in [5.41, 5.74) is 0.353. The summed E-state index contributed by atoms with van der Waals surface area (Å²) in [7, 11) is 0. The molecule has 0 spiro atoms. The molecular formula is C13H10ClFN2O3. The van der Waals surface area contributed by atoms with Gasteiger partial charge in [0.25, 0.3) is 5.69 Å². The van der Waals surface area contributed by atoms with Gasteiger partial charge >= 0.3 is 0 Å². The van der Waals surface area contributed by atoms with Gasteiger partial charge in [-0.1, -0.05) is 23.7 Å². The predicted octanol–water partition coefficient (Wildman–Crippen LogP) is 3.71. The van der Waals surface area contributed by atoms with Crippen molar-refractivity contribution < 1.29 is 14.4 Å². The Hall–Kier alpha value is -2.34. The van der Waals surface area contributed by atoms with Crippen molar-refractivity contribution in [2.45, 2.75) is 6.54 Å². The number of para-hydroxylation sites is 1. The van der Waals surface area contributed by atoms with E-state index in [4.69, 9.17) is 11.6 Å². The second-order valence-electron chi connectivity index (χ2n) is 4.02. The molecule has 5 nitrogen and oxygen atoms in total. The fraction of sp³-hybridized carbons (Fsp3) is 0.0769. The van der Waals surface area contributed by atoms with Crippen molar-refractivity contribution >= 4 is 23.0 Å². The van der Waals surface area contributed by atoms with Gasteiger partial charge in [-0.05, 0) is 18.2 Å². The third-order valence-corrected chi connectivity index (χ3v) is 2.93. The smallest absolute Gasteiger partial charge is 0.293 e. The van der Waals surface area contributed by atoms with Crippen LogP contribution in [-0.2, 0) is 6.54 Å². The van der Waals surface area contributed by atoms with E-state index in [0.717, 1.165) is 6.07 Å². The maximum absolute atomic E-state index is 13.2. The molecule has 0 unspecified atom stereocenters. The molecule has 2 aromatic rings. The van der Waals surface area contributed by atoms with Crippen LogP contribution >= 0.6 is 11.6 Å². The van der Waals surface area contributed by atoms with E-state index in [1.165, 1.54) is 30.3 Å². The number of nitrogens with one attached hydrogen (secondary N) is 1. The van der Waals surface area contributed by atoms with Gasteiger partial charge in [0.15, 0.2) is 11.6 Å². The van der Waals surface area contributed by atoms with Gasteiger partial charge in [0.05, 0.1) is 4.92 Å². The Bertz CT molecular complexity index is 664. The molecular weight excluding hydrogens is 287 g/mol. The van der Waals surface area contributed by atoms with E-state index in [0.29, 0.717) is 5.56 Å². The van der Waals surface area contributed by atoms with Crippen molar-refractivity contribution in [2.24, 2.45) is 0 Å². The average Bonchev–Trinajstić information content (AvgIpc) is 2.41. The molecule has 0 saturated carbocycles. The first-order valence-corrected chi connectivity index (χ1v) is 6.01. The molecule has 0 aliphatic rings. The number of aromatic hydroxyl groups is 1. The van der Waals surface area contributed by atoms with Gasteiger partial charge in [0.2, 0.25) is 0 Å². The lowest BCUT2D eigenvalue weighted by atomic mass is 10.2. The summed E-state index contributed by atoms with van der Waals surface area (Å²) in [6.45, 7) is 0.0477. The maximum Gasteiger partial charge on any atom is 0.293 e. The number of anilines is 1. The zero-order valence-corrected chi connectivity index (χ0v) is 10.9. The third kappa shape index (κ3) is 2.97. The molecule has 0 heterocycles. The summed E-state index contributed by atoms with van der Waals surface area (Å²) in [5.74, 6) is -1.22. The largest absolute Gasteiger partial charge is 0.505 e. The van der Waals surface area contributed by atoms with Gasteiger partial charge in [-0.3, -0.25) is 10.1 Å². The van der Waals surface area contributed by atoms with Crippen LogP contribution < -0.4 is 5.32 Å². The van der Waals surface area contributed by atoms with E-state index in [9.17, 15) is 19.6 Å². The Morgan fingerprint density at radius 2 is 2.10 bits per heavy atom. The quantitative estimate of drug-likeness (QED) is 0.666. The van der Waals surface area contributed by atoms with Crippen molar-refractivity contribution in [3.8, 4) is 5.75 Å². The standard InChI is InChI=1S/C13H10ClFN2O3/c14-9-4-5-11(12(6-9)17(19)20)16-7-8-2-1-3-10(15)13(8)18/h1-6,16,18H,7H2. The molecule has 0 atom stereocenters. The minimum Gasteiger partial charge on any atom is -0.505 e. The Labute approximate surface area is 118 Å². The fourth-order valence-corrected chi connectivity index (χ4v) is 1.86. The van der Waals surface area contributed by atoms with Crippen LogP contribution in [0.2, 0.25) is 5.02 Å². The monoisotopic (exact) mass is 296 g/mol. The fourth-order valence-electron chi connectivity index (χ4n) is 1.70. The van der Waals surface area contributed by atoms with Gasteiger partial charge < -0.3 is 10.4 Å². The van der Waals surface area contributed by atoms with Crippen LogP contribution in [0, 0.1) is 15.9 Å². The van der Waals surface area contributed by atoms with Gasteiger partial charge in [0.1, 0.15) is 5.69 Å². The minimum atomic E-state index is -0.741. The van der Waals surface area contributed by atoms with E-state index in [1.54, 1.807) is 0 Å². The van der Waals surface area contributed by atoms with Crippen LogP contribution in [0.4, 0.5) is 15.8 Å². The molecule has 0 aliphatic carbocycles. The molecule has 0 bridgehead atoms. The molecule has 7 heteroatoms. The van der Waals surface area contributed by atoms with E-state index >= 15 is 0 Å². The molecule has 20 heavy (non-hydrogen) atoms. The Kier molecular flexibility index (Phi) is 4.05. The van der Waals surface area contributed by atoms with Gasteiger partial charge in [-0.25, -0.2) is 4.39 Å². The summed E-state index contributed by atoms with van der Waals surface area (Å²) in [6, 6.07) is 8.27. The molecule has 2 aromatic carbocycles. The molecule has 0 fully saturated rings. The SMILES string of the molecule is O=[N+]([O-])c1cc(Cl)ccc1NCc1cccc(F)c1O. The van der Waals surface area contributed by atoms with Gasteiger partial charge in [0, 0.05) is 23.2 Å². The Morgan fingerprint density at radius 1 is 1.35 bits per heavy atom. The van der Waals surface area contributed by atoms with E-state index in [1.807, 2.05) is 0 Å². The van der Waals surface area contributed by atoms with E-state index < -0.39 is 16.5 Å². The molecule has 0 saturated heterocycles. The molecule has 2 N–H and O–H groups in total. The van der Waals surface area contributed by atoms with Crippen molar-refractivity contribution in [1.29, 1.82) is 0 Å². The normalized spacial score (nSPS) is 10.3. The summed E-state index contributed by atoms with van der Waals surface area (Å²) in [6.07, 6.45) is 0. The summed E-state index contributed by atoms with van der Waals surface area (Å²) in [4.78, 5) is 10.3. The summed E-state index contributed by atoms with van der Waals surface area (Å²) >= 11 is 5.70. The minimum absolute atomic E-state index is 0.0477. The Morgan fingerprint density at radius 3 is 2.80 bits per heavy atom. The van der Waals surface area contributed by atoms with Gasteiger partial charge in [-0.2, -0.15) is 0 Å². The van der Waals surface area contributed by atoms with Crippen LogP contribution in [0.25, 0.3) is 0 Å². The average molecular weight is 297 g/mol. The first-order valence-electron chi connectivity index (χ1n) is 5.63. The predicted molar refractivity (Wildman–Crippen MR) is 73.5 cm³/mol. The third-order valence-electron chi connectivity index (χ3n) is 2.70. The number of benzene rings is 2. The molecule has 0 radical (unpaired) electrons. The Balaban J connectivity index is 2.23. The van der Waals surface area contributed by atoms with Crippen molar-refractivity contribution in [3.63, 3.8) is 0 Å². The lowest BCUT2D eigenvalue weighted by molar-refractivity contribution is -0.383. The first-order chi connectivity index (χ1) is 9.49. The summed E-state index contributed by atoms with van der Waals surface area (Å²) < 4.78 is 13.2. The van der Waals surface area contributed by atoms with E-state index in [2.05, 4.69) is 5.32 Å². The van der Waals surface area contributed by atoms with Crippen LogP contribution in [0.5, 0.6) is 5.75 Å². The lowest BCUT2D eigenvalue weighted by Gasteiger charge is -2.09. The number of halogens is 2. The molecule has 2 rings (SSSR count). The highest BCUT2D eigenvalue weighted by atomic mass is 35.5. The second-order valence-corrected chi connectivity index (χ2v) is 4.46. The van der Waals surface area contributed by atoms with Crippen LogP contribution in [0.1, 0.15) is 5.56 Å². The number of nitrogens with zero attached hydrogens (tertiary/aromatic N) is 1. The number of nitro benzene ring substituents is 1. The first kappa shape index (κ1) is 14.1. The second kappa shape index (κ2) is 5.75. The van der Waals surface area contributed by atoms with Crippen molar-refractivity contribution in [2.75, 3.05) is 5.32 Å². The molecule has 0 aliphatic heterocycles. The number of phenols is 1. The van der Waals surface area contributed by atoms with Crippen molar-refractivity contribution in [1.82, 2.24) is 0 Å². The van der Waals surface area contributed by atoms with Crippen LogP contribution in [0.3, 0.4) is 0 Å². The number of phenolic OH excluding ortho intramolecular Hbond substituents is 1. The molecule has 104 valence electrons. The zero-order valence-electron chi connectivity index (χ0n) is 10.1. The highest BCUT2D eigenvalue weighted by molar-refractivity contribution is 6.30. The zero-order chi connectivity index (χ0) is 14.7. The number of hydrogen-bond acceptors (Lipinski definition) is 4. The lowest BCUT2D eigenvalue weighted by Crippen LogP contribution is -2.03.